The standard InChI is InChI=1S/C14H23N5O3S.C2HF3O2/c1-16-6-8-18(9-7-16)14(20)13-11-4-5-19(23(3,21)22)10-12(11)17(2)15-13;3-2(4,5)1(6)7/h4-10H2,1-3H3;(H,6,7). The van der Waals surface area contributed by atoms with Gasteiger partial charge in [0.2, 0.25) is 10.0 Å². The molecule has 14 heteroatoms. The molecule has 0 spiro atoms. The SMILES string of the molecule is CN1CCN(C(=O)c2nn(C)c3c2CCN(S(C)(=O)=O)C3)CC1.O=C(O)C(F)(F)F. The number of aromatic nitrogens is 2. The van der Waals surface area contributed by atoms with Gasteiger partial charge in [0.1, 0.15) is 0 Å². The number of aliphatic carboxylic acids is 1. The number of piperazine rings is 1. The molecule has 3 rings (SSSR count). The second-order valence-corrected chi connectivity index (χ2v) is 9.12. The number of carbonyl (C=O) groups excluding carboxylic acids is 1. The van der Waals surface area contributed by atoms with Crippen molar-refractivity contribution in [3.8, 4) is 0 Å². The maximum atomic E-state index is 12.8. The summed E-state index contributed by atoms with van der Waals surface area (Å²) in [5.41, 5.74) is 2.20. The average molecular weight is 455 g/mol. The van der Waals surface area contributed by atoms with Gasteiger partial charge >= 0.3 is 12.1 Å². The Morgan fingerprint density at radius 1 is 1.07 bits per heavy atom. The van der Waals surface area contributed by atoms with Crippen molar-refractivity contribution in [2.75, 3.05) is 46.0 Å². The number of alkyl halides is 3. The highest BCUT2D eigenvalue weighted by Gasteiger charge is 2.38. The normalized spacial score (nSPS) is 18.4. The van der Waals surface area contributed by atoms with E-state index in [9.17, 15) is 26.4 Å². The summed E-state index contributed by atoms with van der Waals surface area (Å²) in [5, 5.41) is 11.5. The Balaban J connectivity index is 0.000000396. The third-order valence-corrected chi connectivity index (χ3v) is 6.17. The molecule has 3 heterocycles. The predicted octanol–water partition coefficient (Wildman–Crippen LogP) is -0.241. The van der Waals surface area contributed by atoms with Crippen molar-refractivity contribution in [2.24, 2.45) is 7.05 Å². The van der Waals surface area contributed by atoms with E-state index < -0.39 is 22.2 Å². The number of hydrogen-bond donors (Lipinski definition) is 1. The number of sulfonamides is 1. The monoisotopic (exact) mass is 455 g/mol. The molecular weight excluding hydrogens is 431 g/mol. The van der Waals surface area contributed by atoms with Gasteiger partial charge in [-0.2, -0.15) is 22.6 Å². The Kier molecular flexibility index (Phi) is 7.14. The number of carboxylic acids is 1. The molecule has 1 fully saturated rings. The fraction of sp³-hybridized carbons (Fsp3) is 0.688. The molecule has 30 heavy (non-hydrogen) atoms. The summed E-state index contributed by atoms with van der Waals surface area (Å²) in [6, 6.07) is 0. The van der Waals surface area contributed by atoms with Crippen molar-refractivity contribution in [1.29, 1.82) is 0 Å². The molecule has 1 aromatic rings. The molecule has 2 aliphatic heterocycles. The first-order valence-corrected chi connectivity index (χ1v) is 10.8. The van der Waals surface area contributed by atoms with Gasteiger partial charge in [0.05, 0.1) is 18.5 Å². The lowest BCUT2D eigenvalue weighted by molar-refractivity contribution is -0.192. The number of hydrogen-bond acceptors (Lipinski definition) is 6. The Hall–Kier alpha value is -2.19. The molecule has 1 aromatic heterocycles. The van der Waals surface area contributed by atoms with E-state index >= 15 is 0 Å². The molecule has 1 N–H and O–H groups in total. The van der Waals surface area contributed by atoms with E-state index in [-0.39, 0.29) is 12.5 Å². The van der Waals surface area contributed by atoms with Crippen molar-refractivity contribution in [1.82, 2.24) is 23.9 Å². The molecule has 170 valence electrons. The van der Waals surface area contributed by atoms with E-state index in [0.717, 1.165) is 24.3 Å². The van der Waals surface area contributed by atoms with Crippen LogP contribution in [0.1, 0.15) is 21.7 Å². The van der Waals surface area contributed by atoms with E-state index in [1.807, 2.05) is 11.9 Å². The lowest BCUT2D eigenvalue weighted by Crippen LogP contribution is -2.47. The minimum absolute atomic E-state index is 0.0391. The van der Waals surface area contributed by atoms with Gasteiger partial charge in [0, 0.05) is 45.3 Å². The third kappa shape index (κ3) is 5.70. The summed E-state index contributed by atoms with van der Waals surface area (Å²) in [7, 11) is 0.583. The Bertz CT molecular complexity index is 907. The Morgan fingerprint density at radius 2 is 1.60 bits per heavy atom. The van der Waals surface area contributed by atoms with E-state index in [1.54, 1.807) is 11.7 Å². The highest BCUT2D eigenvalue weighted by molar-refractivity contribution is 7.88. The van der Waals surface area contributed by atoms with Crippen LogP contribution in [-0.4, -0.2) is 101 Å². The van der Waals surface area contributed by atoms with Gasteiger partial charge in [0.15, 0.2) is 5.69 Å². The van der Waals surface area contributed by atoms with Crippen LogP contribution in [0.15, 0.2) is 0 Å². The minimum atomic E-state index is -5.08. The van der Waals surface area contributed by atoms with Gasteiger partial charge in [-0.1, -0.05) is 0 Å². The van der Waals surface area contributed by atoms with Crippen LogP contribution in [0.5, 0.6) is 0 Å². The number of aryl methyl sites for hydroxylation is 1. The number of fused-ring (bicyclic) bond motifs is 1. The summed E-state index contributed by atoms with van der Waals surface area (Å²) in [6.45, 7) is 3.83. The first-order chi connectivity index (χ1) is 13.7. The number of nitrogens with zero attached hydrogens (tertiary/aromatic N) is 5. The van der Waals surface area contributed by atoms with Crippen LogP contribution in [0, 0.1) is 0 Å². The molecule has 2 aliphatic rings. The molecule has 1 amide bonds. The summed E-state index contributed by atoms with van der Waals surface area (Å²) in [5.74, 6) is -2.80. The zero-order chi connectivity index (χ0) is 22.9. The van der Waals surface area contributed by atoms with Crippen LogP contribution in [0.2, 0.25) is 0 Å². The second kappa shape index (κ2) is 8.89. The maximum absolute atomic E-state index is 12.8. The van der Waals surface area contributed by atoms with E-state index in [1.165, 1.54) is 10.6 Å². The predicted molar refractivity (Wildman–Crippen MR) is 99.3 cm³/mol. The molecular formula is C16H24F3N5O5S. The summed E-state index contributed by atoms with van der Waals surface area (Å²) in [4.78, 5) is 25.7. The summed E-state index contributed by atoms with van der Waals surface area (Å²) < 4.78 is 58.3. The zero-order valence-corrected chi connectivity index (χ0v) is 17.6. The quantitative estimate of drug-likeness (QED) is 0.654. The zero-order valence-electron chi connectivity index (χ0n) is 16.8. The average Bonchev–Trinajstić information content (AvgIpc) is 2.97. The van der Waals surface area contributed by atoms with E-state index in [2.05, 4.69) is 10.00 Å². The number of rotatable bonds is 2. The number of likely N-dealkylation sites (N-methyl/N-ethyl adjacent to an activating group) is 1. The van der Waals surface area contributed by atoms with Crippen molar-refractivity contribution < 1.29 is 36.3 Å². The Morgan fingerprint density at radius 3 is 2.07 bits per heavy atom. The van der Waals surface area contributed by atoms with Crippen molar-refractivity contribution in [2.45, 2.75) is 19.1 Å². The lowest BCUT2D eigenvalue weighted by atomic mass is 10.0. The number of amides is 1. The van der Waals surface area contributed by atoms with Gasteiger partial charge in [-0.15, -0.1) is 0 Å². The first kappa shape index (κ1) is 24.1. The molecule has 0 saturated carbocycles. The van der Waals surface area contributed by atoms with Crippen molar-refractivity contribution >= 4 is 21.9 Å². The third-order valence-electron chi connectivity index (χ3n) is 4.92. The fourth-order valence-electron chi connectivity index (χ4n) is 3.16. The fourth-order valence-corrected chi connectivity index (χ4v) is 3.94. The number of halogens is 3. The van der Waals surface area contributed by atoms with Crippen LogP contribution >= 0.6 is 0 Å². The van der Waals surface area contributed by atoms with Crippen LogP contribution in [-0.2, 0) is 34.8 Å². The largest absolute Gasteiger partial charge is 0.490 e. The van der Waals surface area contributed by atoms with Gasteiger partial charge in [-0.25, -0.2) is 13.2 Å². The molecule has 10 nitrogen and oxygen atoms in total. The highest BCUT2D eigenvalue weighted by Crippen LogP contribution is 2.24. The second-order valence-electron chi connectivity index (χ2n) is 7.14. The number of carboxylic acid groups (broad SMARTS) is 1. The molecule has 1 saturated heterocycles. The van der Waals surface area contributed by atoms with Gasteiger partial charge < -0.3 is 14.9 Å². The molecule has 0 radical (unpaired) electrons. The van der Waals surface area contributed by atoms with Gasteiger partial charge in [0.25, 0.3) is 5.91 Å². The van der Waals surface area contributed by atoms with Crippen LogP contribution < -0.4 is 0 Å². The molecule has 0 bridgehead atoms. The van der Waals surface area contributed by atoms with E-state index in [0.29, 0.717) is 31.7 Å². The molecule has 0 unspecified atom stereocenters. The van der Waals surface area contributed by atoms with Crippen LogP contribution in [0.25, 0.3) is 0 Å². The minimum Gasteiger partial charge on any atom is -0.475 e. The van der Waals surface area contributed by atoms with E-state index in [4.69, 9.17) is 9.90 Å². The molecule has 0 aliphatic carbocycles. The number of carbonyl (C=O) groups is 2. The van der Waals surface area contributed by atoms with Crippen molar-refractivity contribution in [3.05, 3.63) is 17.0 Å². The smallest absolute Gasteiger partial charge is 0.475 e. The Labute approximate surface area is 171 Å². The molecule has 0 aromatic carbocycles. The summed E-state index contributed by atoms with van der Waals surface area (Å²) >= 11 is 0. The first-order valence-electron chi connectivity index (χ1n) is 8.99. The van der Waals surface area contributed by atoms with Crippen LogP contribution in [0.3, 0.4) is 0 Å². The topological polar surface area (TPSA) is 116 Å². The lowest BCUT2D eigenvalue weighted by Gasteiger charge is -2.32. The van der Waals surface area contributed by atoms with Crippen LogP contribution in [0.4, 0.5) is 13.2 Å². The summed E-state index contributed by atoms with van der Waals surface area (Å²) in [6.07, 6.45) is -3.34. The highest BCUT2D eigenvalue weighted by atomic mass is 32.2. The molecule has 0 atom stereocenters. The van der Waals surface area contributed by atoms with Gasteiger partial charge in [-0.3, -0.25) is 9.48 Å². The van der Waals surface area contributed by atoms with Crippen molar-refractivity contribution in [3.63, 3.8) is 0 Å². The maximum Gasteiger partial charge on any atom is 0.490 e. The van der Waals surface area contributed by atoms with Gasteiger partial charge in [-0.05, 0) is 13.5 Å².